The molecule has 0 amide bonds. The number of halogens is 2. The molecule has 1 N–H and O–H groups in total. The van der Waals surface area contributed by atoms with Crippen molar-refractivity contribution in [3.05, 3.63) is 92.4 Å². The highest BCUT2D eigenvalue weighted by molar-refractivity contribution is 9.10. The first kappa shape index (κ1) is 20.3. The molecule has 1 fully saturated rings. The summed E-state index contributed by atoms with van der Waals surface area (Å²) in [6.07, 6.45) is 10.1. The standard InChI is InChI=1S/C23H21Br2N3O/c24-21-8-4-17(5-9-21)12-19-2-1-3-20(13-18-6-10-22(25)11-7-18)23(19,29)14-28-16-26-15-27-28/h4-13,15-16,29H,1-3,14H2. The predicted molar refractivity (Wildman–Crippen MR) is 123 cm³/mol. The van der Waals surface area contributed by atoms with Crippen molar-refractivity contribution in [3.8, 4) is 0 Å². The molecule has 2 aromatic carbocycles. The van der Waals surface area contributed by atoms with Gasteiger partial charge in [0, 0.05) is 8.95 Å². The second-order valence-electron chi connectivity index (χ2n) is 7.25. The van der Waals surface area contributed by atoms with E-state index in [1.165, 1.54) is 6.33 Å². The summed E-state index contributed by atoms with van der Waals surface area (Å²) in [4.78, 5) is 4.05. The van der Waals surface area contributed by atoms with E-state index in [0.717, 1.165) is 50.5 Å². The van der Waals surface area contributed by atoms with Crippen LogP contribution in [0.4, 0.5) is 0 Å². The van der Waals surface area contributed by atoms with Gasteiger partial charge in [-0.15, -0.1) is 0 Å². The quantitative estimate of drug-likeness (QED) is 0.472. The van der Waals surface area contributed by atoms with Crippen molar-refractivity contribution in [2.45, 2.75) is 31.4 Å². The lowest BCUT2D eigenvalue weighted by atomic mass is 9.74. The number of aliphatic hydroxyl groups is 1. The van der Waals surface area contributed by atoms with Crippen LogP contribution in [0.25, 0.3) is 12.2 Å². The normalized spacial score (nSPS) is 22.3. The van der Waals surface area contributed by atoms with Crippen LogP contribution in [0.1, 0.15) is 30.4 Å². The molecule has 0 aliphatic heterocycles. The average molecular weight is 515 g/mol. The first-order chi connectivity index (χ1) is 14.0. The first-order valence-corrected chi connectivity index (χ1v) is 11.1. The summed E-state index contributed by atoms with van der Waals surface area (Å²) in [5, 5.41) is 16.2. The summed E-state index contributed by atoms with van der Waals surface area (Å²) in [6.45, 7) is 0.345. The van der Waals surface area contributed by atoms with E-state index in [9.17, 15) is 5.11 Å². The van der Waals surface area contributed by atoms with Crippen LogP contribution in [0.5, 0.6) is 0 Å². The summed E-state index contributed by atoms with van der Waals surface area (Å²) in [5.41, 5.74) is 3.05. The third-order valence-electron chi connectivity index (χ3n) is 5.23. The molecule has 0 unspecified atom stereocenters. The van der Waals surface area contributed by atoms with Crippen LogP contribution in [-0.2, 0) is 6.54 Å². The lowest BCUT2D eigenvalue weighted by molar-refractivity contribution is 0.0795. The maximum absolute atomic E-state index is 12.0. The zero-order chi connectivity index (χ0) is 20.3. The average Bonchev–Trinajstić information content (AvgIpc) is 3.21. The Bertz CT molecular complexity index is 959. The molecule has 1 saturated carbocycles. The van der Waals surface area contributed by atoms with Crippen LogP contribution in [0.15, 0.2) is 81.3 Å². The van der Waals surface area contributed by atoms with Crippen molar-refractivity contribution >= 4 is 44.0 Å². The fraction of sp³-hybridized carbons (Fsp3) is 0.217. The monoisotopic (exact) mass is 513 g/mol. The first-order valence-electron chi connectivity index (χ1n) is 9.51. The van der Waals surface area contributed by atoms with Gasteiger partial charge < -0.3 is 5.11 Å². The van der Waals surface area contributed by atoms with Crippen molar-refractivity contribution in [2.24, 2.45) is 0 Å². The van der Waals surface area contributed by atoms with E-state index in [4.69, 9.17) is 0 Å². The molecule has 0 saturated heterocycles. The molecule has 1 aromatic heterocycles. The van der Waals surface area contributed by atoms with E-state index >= 15 is 0 Å². The second-order valence-corrected chi connectivity index (χ2v) is 9.08. The van der Waals surface area contributed by atoms with E-state index < -0.39 is 5.60 Å². The smallest absolute Gasteiger partial charge is 0.137 e. The van der Waals surface area contributed by atoms with Gasteiger partial charge in [0.1, 0.15) is 18.3 Å². The number of rotatable bonds is 4. The minimum atomic E-state index is -1.11. The molecule has 1 aliphatic carbocycles. The Morgan fingerprint density at radius 1 is 0.897 bits per heavy atom. The minimum absolute atomic E-state index is 0.345. The number of benzene rings is 2. The fourth-order valence-corrected chi connectivity index (χ4v) is 4.27. The highest BCUT2D eigenvalue weighted by Gasteiger charge is 2.39. The Labute approximate surface area is 187 Å². The molecule has 148 valence electrons. The number of hydrogen-bond donors (Lipinski definition) is 1. The lowest BCUT2D eigenvalue weighted by Crippen LogP contribution is -2.41. The third-order valence-corrected chi connectivity index (χ3v) is 6.29. The molecule has 4 nitrogen and oxygen atoms in total. The zero-order valence-corrected chi connectivity index (χ0v) is 19.0. The Morgan fingerprint density at radius 3 is 1.86 bits per heavy atom. The van der Waals surface area contributed by atoms with Crippen molar-refractivity contribution in [1.29, 1.82) is 0 Å². The lowest BCUT2D eigenvalue weighted by Gasteiger charge is -2.38. The highest BCUT2D eigenvalue weighted by Crippen LogP contribution is 2.41. The number of hydrogen-bond acceptors (Lipinski definition) is 3. The molecule has 0 atom stereocenters. The maximum atomic E-state index is 12.0. The highest BCUT2D eigenvalue weighted by atomic mass is 79.9. The van der Waals surface area contributed by atoms with Crippen molar-refractivity contribution in [1.82, 2.24) is 14.8 Å². The van der Waals surface area contributed by atoms with Gasteiger partial charge in [-0.3, -0.25) is 0 Å². The molecule has 1 aliphatic rings. The summed E-state index contributed by atoms with van der Waals surface area (Å²) in [7, 11) is 0. The Morgan fingerprint density at radius 2 is 1.41 bits per heavy atom. The molecule has 0 radical (unpaired) electrons. The summed E-state index contributed by atoms with van der Waals surface area (Å²) in [5.74, 6) is 0. The van der Waals surface area contributed by atoms with E-state index in [1.807, 2.05) is 24.3 Å². The molecule has 1 heterocycles. The van der Waals surface area contributed by atoms with Gasteiger partial charge in [0.15, 0.2) is 0 Å². The van der Waals surface area contributed by atoms with Crippen LogP contribution in [0.2, 0.25) is 0 Å². The van der Waals surface area contributed by atoms with Crippen molar-refractivity contribution < 1.29 is 5.11 Å². The van der Waals surface area contributed by atoms with Gasteiger partial charge in [0.2, 0.25) is 0 Å². The summed E-state index contributed by atoms with van der Waals surface area (Å²) >= 11 is 6.97. The van der Waals surface area contributed by atoms with E-state index in [1.54, 1.807) is 11.0 Å². The minimum Gasteiger partial charge on any atom is -0.379 e. The van der Waals surface area contributed by atoms with E-state index in [2.05, 4.69) is 78.4 Å². The Balaban J connectivity index is 1.77. The largest absolute Gasteiger partial charge is 0.379 e. The van der Waals surface area contributed by atoms with Crippen LogP contribution in [0, 0.1) is 0 Å². The topological polar surface area (TPSA) is 50.9 Å². The zero-order valence-electron chi connectivity index (χ0n) is 15.8. The summed E-state index contributed by atoms with van der Waals surface area (Å²) in [6, 6.07) is 16.3. The van der Waals surface area contributed by atoms with Gasteiger partial charge in [-0.1, -0.05) is 68.3 Å². The molecular formula is C23H21Br2N3O. The Hall–Kier alpha value is -2.02. The number of nitrogens with zero attached hydrogens (tertiary/aromatic N) is 3. The van der Waals surface area contributed by atoms with Gasteiger partial charge in [-0.05, 0) is 65.8 Å². The van der Waals surface area contributed by atoms with Gasteiger partial charge >= 0.3 is 0 Å². The third kappa shape index (κ3) is 4.77. The maximum Gasteiger partial charge on any atom is 0.137 e. The van der Waals surface area contributed by atoms with Crippen LogP contribution in [0.3, 0.4) is 0 Å². The van der Waals surface area contributed by atoms with Gasteiger partial charge in [-0.2, -0.15) is 5.10 Å². The van der Waals surface area contributed by atoms with Crippen molar-refractivity contribution in [3.63, 3.8) is 0 Å². The SMILES string of the molecule is OC1(Cn2cncn2)C(=Cc2ccc(Br)cc2)CCCC1=Cc1ccc(Br)cc1. The van der Waals surface area contributed by atoms with Gasteiger partial charge in [0.05, 0.1) is 6.54 Å². The molecular weight excluding hydrogens is 494 g/mol. The van der Waals surface area contributed by atoms with E-state index in [-0.39, 0.29) is 0 Å². The molecule has 0 spiro atoms. The molecule has 3 aromatic rings. The Kier molecular flexibility index (Phi) is 6.13. The predicted octanol–water partition coefficient (Wildman–Crippen LogP) is 5.89. The fourth-order valence-electron chi connectivity index (χ4n) is 3.74. The molecule has 6 heteroatoms. The summed E-state index contributed by atoms with van der Waals surface area (Å²) < 4.78 is 3.78. The van der Waals surface area contributed by atoms with E-state index in [0.29, 0.717) is 6.54 Å². The van der Waals surface area contributed by atoms with Crippen LogP contribution in [-0.4, -0.2) is 25.5 Å². The van der Waals surface area contributed by atoms with Crippen molar-refractivity contribution in [2.75, 3.05) is 0 Å². The second kappa shape index (κ2) is 8.78. The van der Waals surface area contributed by atoms with Gasteiger partial charge in [-0.25, -0.2) is 9.67 Å². The van der Waals surface area contributed by atoms with Gasteiger partial charge in [0.25, 0.3) is 0 Å². The van der Waals surface area contributed by atoms with Crippen LogP contribution < -0.4 is 0 Å². The molecule has 4 rings (SSSR count). The molecule has 0 bridgehead atoms. The molecule has 29 heavy (non-hydrogen) atoms. The van der Waals surface area contributed by atoms with Crippen LogP contribution >= 0.6 is 31.9 Å². The number of aromatic nitrogens is 3.